The number of imidazole rings is 2. The number of piperazine rings is 1. The lowest BCUT2D eigenvalue weighted by Gasteiger charge is -2.34. The topological polar surface area (TPSA) is 98.0 Å². The Morgan fingerprint density at radius 1 is 0.719 bits per heavy atom. The van der Waals surface area contributed by atoms with Crippen molar-refractivity contribution in [2.24, 2.45) is 0 Å². The van der Waals surface area contributed by atoms with E-state index in [9.17, 15) is 9.59 Å². The fraction of sp³-hybridized carbons (Fsp3) is 0.273. The Balaban J connectivity index is 1.07. The molecule has 4 aromatic rings. The molecule has 2 aromatic carbocycles. The van der Waals surface area contributed by atoms with Crippen LogP contribution in [0.4, 0.5) is 0 Å². The van der Waals surface area contributed by atoms with Gasteiger partial charge in [0.15, 0.2) is 10.3 Å². The van der Waals surface area contributed by atoms with Gasteiger partial charge in [-0.2, -0.15) is 0 Å². The molecule has 1 fully saturated rings. The number of carbonyl (C=O) groups excluding carboxylic acids is 2. The van der Waals surface area contributed by atoms with Crippen molar-refractivity contribution in [3.63, 3.8) is 0 Å². The van der Waals surface area contributed by atoms with E-state index in [2.05, 4.69) is 19.9 Å². The lowest BCUT2D eigenvalue weighted by atomic mass is 10.3. The number of carbonyl (C=O) groups is 2. The zero-order valence-electron chi connectivity index (χ0n) is 17.3. The van der Waals surface area contributed by atoms with Crippen LogP contribution in [0.15, 0.2) is 58.8 Å². The van der Waals surface area contributed by atoms with E-state index in [1.54, 1.807) is 0 Å². The zero-order valence-corrected chi connectivity index (χ0v) is 18.9. The largest absolute Gasteiger partial charge is 0.338 e. The van der Waals surface area contributed by atoms with E-state index < -0.39 is 0 Å². The monoisotopic (exact) mass is 466 g/mol. The standard InChI is InChI=1S/C22H22N6O2S2/c29-19(13-31-21-23-15-5-1-2-6-16(15)24-21)27-9-11-28(12-10-27)20(30)14-32-22-25-17-7-3-4-8-18(17)26-22/h1-8H,9-14H2,(H,23,24)(H,25,26). The van der Waals surface area contributed by atoms with Gasteiger partial charge < -0.3 is 19.8 Å². The Kier molecular flexibility index (Phi) is 6.04. The average molecular weight is 467 g/mol. The van der Waals surface area contributed by atoms with Crippen molar-refractivity contribution in [3.8, 4) is 0 Å². The second kappa shape index (κ2) is 9.25. The number of thioether (sulfide) groups is 2. The van der Waals surface area contributed by atoms with Crippen molar-refractivity contribution < 1.29 is 9.59 Å². The summed E-state index contributed by atoms with van der Waals surface area (Å²) < 4.78 is 0. The van der Waals surface area contributed by atoms with Gasteiger partial charge in [0.2, 0.25) is 11.8 Å². The van der Waals surface area contributed by atoms with Gasteiger partial charge in [-0.3, -0.25) is 9.59 Å². The third-order valence-electron chi connectivity index (χ3n) is 5.39. The molecule has 0 bridgehead atoms. The van der Waals surface area contributed by atoms with Crippen LogP contribution in [0.5, 0.6) is 0 Å². The number of hydrogen-bond donors (Lipinski definition) is 2. The first-order chi connectivity index (χ1) is 15.7. The smallest absolute Gasteiger partial charge is 0.233 e. The first-order valence-electron chi connectivity index (χ1n) is 10.4. The number of nitrogens with zero attached hydrogens (tertiary/aromatic N) is 4. The maximum absolute atomic E-state index is 12.6. The van der Waals surface area contributed by atoms with Crippen LogP contribution in [0.2, 0.25) is 0 Å². The summed E-state index contributed by atoms with van der Waals surface area (Å²) >= 11 is 2.82. The first kappa shape index (κ1) is 20.9. The van der Waals surface area contributed by atoms with Gasteiger partial charge in [0, 0.05) is 26.2 Å². The maximum Gasteiger partial charge on any atom is 0.233 e. The summed E-state index contributed by atoms with van der Waals surface area (Å²) in [6.45, 7) is 2.22. The van der Waals surface area contributed by atoms with Gasteiger partial charge >= 0.3 is 0 Å². The zero-order chi connectivity index (χ0) is 21.9. The van der Waals surface area contributed by atoms with Crippen LogP contribution < -0.4 is 0 Å². The van der Waals surface area contributed by atoms with E-state index in [1.807, 2.05) is 58.3 Å². The first-order valence-corrected chi connectivity index (χ1v) is 12.3. The third kappa shape index (κ3) is 4.61. The van der Waals surface area contributed by atoms with Crippen LogP contribution in [0.1, 0.15) is 0 Å². The van der Waals surface area contributed by atoms with Crippen LogP contribution in [-0.4, -0.2) is 79.2 Å². The number of amides is 2. The summed E-state index contributed by atoms with van der Waals surface area (Å²) in [7, 11) is 0. The molecule has 0 saturated carbocycles. The number of para-hydroxylation sites is 4. The molecule has 2 N–H and O–H groups in total. The van der Waals surface area contributed by atoms with Crippen LogP contribution in [-0.2, 0) is 9.59 Å². The molecule has 0 radical (unpaired) electrons. The number of fused-ring (bicyclic) bond motifs is 2. The minimum absolute atomic E-state index is 0.0687. The molecule has 1 aliphatic rings. The Labute approximate surface area is 193 Å². The second-order valence-electron chi connectivity index (χ2n) is 7.46. The summed E-state index contributed by atoms with van der Waals surface area (Å²) in [5.74, 6) is 0.795. The molecule has 0 spiro atoms. The number of H-pyrrole nitrogens is 2. The Hall–Kier alpha value is -2.98. The van der Waals surface area contributed by atoms with E-state index in [0.717, 1.165) is 32.4 Å². The number of nitrogens with one attached hydrogen (secondary N) is 2. The summed E-state index contributed by atoms with van der Waals surface area (Å²) in [5, 5.41) is 1.49. The lowest BCUT2D eigenvalue weighted by molar-refractivity contribution is -0.136. The van der Waals surface area contributed by atoms with Gasteiger partial charge in [-0.1, -0.05) is 47.8 Å². The molecule has 164 valence electrons. The number of aromatic amines is 2. The van der Waals surface area contributed by atoms with Crippen LogP contribution in [0.3, 0.4) is 0 Å². The van der Waals surface area contributed by atoms with E-state index >= 15 is 0 Å². The summed E-state index contributed by atoms with van der Waals surface area (Å²) in [5.41, 5.74) is 3.73. The predicted octanol–water partition coefficient (Wildman–Crippen LogP) is 2.99. The maximum atomic E-state index is 12.6. The normalized spacial score (nSPS) is 14.4. The molecule has 5 rings (SSSR count). The molecule has 8 nitrogen and oxygen atoms in total. The molecule has 2 amide bonds. The molecule has 0 atom stereocenters. The van der Waals surface area contributed by atoms with Gasteiger partial charge in [0.1, 0.15) is 0 Å². The molecule has 0 aliphatic carbocycles. The van der Waals surface area contributed by atoms with Crippen LogP contribution >= 0.6 is 23.5 Å². The molecule has 2 aromatic heterocycles. The van der Waals surface area contributed by atoms with Crippen molar-refractivity contribution in [3.05, 3.63) is 48.5 Å². The molecule has 1 saturated heterocycles. The summed E-state index contributed by atoms with van der Waals surface area (Å²) in [4.78, 5) is 44.3. The van der Waals surface area contributed by atoms with E-state index in [0.29, 0.717) is 37.7 Å². The lowest BCUT2D eigenvalue weighted by Crippen LogP contribution is -2.51. The highest BCUT2D eigenvalue weighted by Gasteiger charge is 2.24. The Morgan fingerprint density at radius 2 is 1.12 bits per heavy atom. The molecule has 32 heavy (non-hydrogen) atoms. The van der Waals surface area contributed by atoms with Crippen molar-refractivity contribution in [2.75, 3.05) is 37.7 Å². The fourth-order valence-electron chi connectivity index (χ4n) is 3.64. The Bertz CT molecular complexity index is 1100. The predicted molar refractivity (Wildman–Crippen MR) is 127 cm³/mol. The second-order valence-corrected chi connectivity index (χ2v) is 9.39. The van der Waals surface area contributed by atoms with E-state index in [-0.39, 0.29) is 11.8 Å². The highest BCUT2D eigenvalue weighted by molar-refractivity contribution is 8.00. The average Bonchev–Trinajstić information content (AvgIpc) is 3.44. The summed E-state index contributed by atoms with van der Waals surface area (Å²) in [6, 6.07) is 15.6. The quantitative estimate of drug-likeness (QED) is 0.424. The Morgan fingerprint density at radius 3 is 1.53 bits per heavy atom. The van der Waals surface area contributed by atoms with Gasteiger partial charge in [0.05, 0.1) is 33.6 Å². The van der Waals surface area contributed by atoms with Crippen LogP contribution in [0, 0.1) is 0 Å². The molecule has 3 heterocycles. The van der Waals surface area contributed by atoms with Crippen molar-refractivity contribution >= 4 is 57.4 Å². The van der Waals surface area contributed by atoms with Gasteiger partial charge in [-0.05, 0) is 24.3 Å². The minimum Gasteiger partial charge on any atom is -0.338 e. The molecular weight excluding hydrogens is 444 g/mol. The van der Waals surface area contributed by atoms with Crippen molar-refractivity contribution in [2.45, 2.75) is 10.3 Å². The summed E-state index contributed by atoms with van der Waals surface area (Å²) in [6.07, 6.45) is 0. The fourth-order valence-corrected chi connectivity index (χ4v) is 5.22. The number of aromatic nitrogens is 4. The molecular formula is C22H22N6O2S2. The molecule has 10 heteroatoms. The number of benzene rings is 2. The van der Waals surface area contributed by atoms with Gasteiger partial charge in [0.25, 0.3) is 0 Å². The number of hydrogen-bond acceptors (Lipinski definition) is 6. The van der Waals surface area contributed by atoms with Gasteiger partial charge in [-0.15, -0.1) is 0 Å². The van der Waals surface area contributed by atoms with Gasteiger partial charge in [-0.25, -0.2) is 9.97 Å². The van der Waals surface area contributed by atoms with E-state index in [4.69, 9.17) is 0 Å². The minimum atomic E-state index is 0.0687. The number of rotatable bonds is 6. The van der Waals surface area contributed by atoms with Crippen molar-refractivity contribution in [1.82, 2.24) is 29.7 Å². The van der Waals surface area contributed by atoms with Crippen LogP contribution in [0.25, 0.3) is 22.1 Å². The highest BCUT2D eigenvalue weighted by Crippen LogP contribution is 2.21. The van der Waals surface area contributed by atoms with E-state index in [1.165, 1.54) is 23.5 Å². The molecule has 1 aliphatic heterocycles. The SMILES string of the molecule is O=C(CSc1nc2ccccc2[nH]1)N1CCN(C(=O)CSc2nc3ccccc3[nH]2)CC1. The van der Waals surface area contributed by atoms with Crippen molar-refractivity contribution in [1.29, 1.82) is 0 Å². The molecule has 0 unspecified atom stereocenters. The highest BCUT2D eigenvalue weighted by atomic mass is 32.2. The third-order valence-corrected chi connectivity index (χ3v) is 7.10.